The van der Waals surface area contributed by atoms with E-state index in [4.69, 9.17) is 4.52 Å². The molecule has 1 saturated carbocycles. The van der Waals surface area contributed by atoms with Crippen molar-refractivity contribution in [2.24, 2.45) is 0 Å². The highest BCUT2D eigenvalue weighted by Gasteiger charge is 2.35. The first-order chi connectivity index (χ1) is 12.4. The Morgan fingerprint density at radius 2 is 2.12 bits per heavy atom. The van der Waals surface area contributed by atoms with Gasteiger partial charge in [-0.05, 0) is 31.7 Å². The molecule has 7 nitrogen and oxygen atoms in total. The van der Waals surface area contributed by atoms with E-state index in [1.54, 1.807) is 11.9 Å². The fourth-order valence-corrected chi connectivity index (χ4v) is 5.40. The Morgan fingerprint density at radius 3 is 2.73 bits per heavy atom. The zero-order valence-electron chi connectivity index (χ0n) is 15.1. The smallest absolute Gasteiger partial charge is 0.259 e. The Morgan fingerprint density at radius 1 is 1.35 bits per heavy atom. The van der Waals surface area contributed by atoms with Crippen molar-refractivity contribution < 1.29 is 17.7 Å². The monoisotopic (exact) mass is 377 g/mol. The summed E-state index contributed by atoms with van der Waals surface area (Å²) in [6.45, 7) is 2.05. The average Bonchev–Trinajstić information content (AvgIpc) is 3.30. The summed E-state index contributed by atoms with van der Waals surface area (Å²) in [5.41, 5.74) is 2.56. The Bertz CT molecular complexity index is 962. The zero-order valence-corrected chi connectivity index (χ0v) is 15.9. The predicted molar refractivity (Wildman–Crippen MR) is 96.9 cm³/mol. The molecule has 1 unspecified atom stereocenters. The molecule has 2 aromatic rings. The quantitative estimate of drug-likeness (QED) is 0.794. The molecule has 0 aromatic carbocycles. The summed E-state index contributed by atoms with van der Waals surface area (Å²) < 4.78 is 29.0. The molecule has 1 saturated heterocycles. The van der Waals surface area contributed by atoms with Gasteiger partial charge in [-0.2, -0.15) is 0 Å². The van der Waals surface area contributed by atoms with Crippen molar-refractivity contribution in [3.63, 3.8) is 0 Å². The molecule has 26 heavy (non-hydrogen) atoms. The Kier molecular flexibility index (Phi) is 4.25. The summed E-state index contributed by atoms with van der Waals surface area (Å²) in [7, 11) is -1.37. The summed E-state index contributed by atoms with van der Waals surface area (Å²) in [5, 5.41) is 4.80. The second-order valence-electron chi connectivity index (χ2n) is 7.40. The van der Waals surface area contributed by atoms with E-state index in [-0.39, 0.29) is 23.5 Å². The van der Waals surface area contributed by atoms with Crippen LogP contribution in [0.2, 0.25) is 0 Å². The normalized spacial score (nSPS) is 22.0. The van der Waals surface area contributed by atoms with Gasteiger partial charge in [0.05, 0.1) is 28.1 Å². The van der Waals surface area contributed by atoms with Crippen LogP contribution in [0.15, 0.2) is 10.6 Å². The molecule has 4 rings (SSSR count). The Hall–Kier alpha value is -1.96. The van der Waals surface area contributed by atoms with Gasteiger partial charge in [0.25, 0.3) is 11.6 Å². The van der Waals surface area contributed by atoms with Gasteiger partial charge in [0.1, 0.15) is 0 Å². The number of aryl methyl sites for hydroxylation is 1. The highest BCUT2D eigenvalue weighted by atomic mass is 32.2. The molecule has 1 aliphatic heterocycles. The van der Waals surface area contributed by atoms with Crippen LogP contribution in [0.4, 0.5) is 0 Å². The number of hydrogen-bond donors (Lipinski definition) is 0. The SMILES string of the molecule is CCCc1noc2nc(C3CC3)cc(C(=O)N(C)C3CCS(=O)(=O)C3)c12. The number of pyridine rings is 1. The topological polar surface area (TPSA) is 93.4 Å². The minimum atomic E-state index is -3.05. The van der Waals surface area contributed by atoms with Gasteiger partial charge < -0.3 is 9.42 Å². The second kappa shape index (κ2) is 6.33. The number of carbonyl (C=O) groups excluding carboxylic acids is 1. The lowest BCUT2D eigenvalue weighted by Crippen LogP contribution is -2.38. The van der Waals surface area contributed by atoms with E-state index in [9.17, 15) is 13.2 Å². The van der Waals surface area contributed by atoms with Crippen molar-refractivity contribution in [1.82, 2.24) is 15.0 Å². The third-order valence-corrected chi connectivity index (χ3v) is 7.08. The van der Waals surface area contributed by atoms with Gasteiger partial charge >= 0.3 is 0 Å². The Balaban J connectivity index is 1.75. The number of carbonyl (C=O) groups is 1. The number of amides is 1. The molecule has 140 valence electrons. The van der Waals surface area contributed by atoms with Crippen LogP contribution in [0.5, 0.6) is 0 Å². The van der Waals surface area contributed by atoms with Gasteiger partial charge in [0.2, 0.25) is 0 Å². The van der Waals surface area contributed by atoms with E-state index in [1.807, 2.05) is 13.0 Å². The van der Waals surface area contributed by atoms with Crippen molar-refractivity contribution in [1.29, 1.82) is 0 Å². The molecule has 2 fully saturated rings. The minimum Gasteiger partial charge on any atom is -0.338 e. The van der Waals surface area contributed by atoms with Crippen LogP contribution in [0, 0.1) is 0 Å². The van der Waals surface area contributed by atoms with Crippen LogP contribution in [0.3, 0.4) is 0 Å². The van der Waals surface area contributed by atoms with Crippen molar-refractivity contribution >= 4 is 26.8 Å². The molecule has 8 heteroatoms. The van der Waals surface area contributed by atoms with E-state index in [2.05, 4.69) is 10.1 Å². The maximum atomic E-state index is 13.2. The fraction of sp³-hybridized carbons (Fsp3) is 0.611. The molecule has 1 amide bonds. The van der Waals surface area contributed by atoms with Crippen molar-refractivity contribution in [2.45, 2.75) is 51.0 Å². The highest BCUT2D eigenvalue weighted by Crippen LogP contribution is 2.40. The van der Waals surface area contributed by atoms with Gasteiger partial charge in [-0.15, -0.1) is 0 Å². The summed E-state index contributed by atoms with van der Waals surface area (Å²) in [6.07, 6.45) is 4.22. The molecule has 3 heterocycles. The average molecular weight is 377 g/mol. The number of hydrogen-bond acceptors (Lipinski definition) is 6. The molecule has 2 aromatic heterocycles. The maximum Gasteiger partial charge on any atom is 0.259 e. The van der Waals surface area contributed by atoms with E-state index >= 15 is 0 Å². The molecule has 0 N–H and O–H groups in total. The first-order valence-corrected chi connectivity index (χ1v) is 11.0. The standard InChI is InChI=1S/C18H23N3O4S/c1-3-4-14-16-13(9-15(11-5-6-11)19-17(16)25-20-14)18(22)21(2)12-7-8-26(23,24)10-12/h9,11-12H,3-8,10H2,1-2H3. The number of aromatic nitrogens is 2. The third-order valence-electron chi connectivity index (χ3n) is 5.33. The number of sulfone groups is 1. The van der Waals surface area contributed by atoms with Gasteiger partial charge in [0.15, 0.2) is 9.84 Å². The minimum absolute atomic E-state index is 0.0321. The number of fused-ring (bicyclic) bond motifs is 1. The molecule has 0 radical (unpaired) electrons. The van der Waals surface area contributed by atoms with E-state index < -0.39 is 9.84 Å². The molecule has 1 atom stereocenters. The van der Waals surface area contributed by atoms with E-state index in [0.29, 0.717) is 35.4 Å². The molecule has 0 bridgehead atoms. The van der Waals surface area contributed by atoms with Crippen molar-refractivity contribution in [3.8, 4) is 0 Å². The van der Waals surface area contributed by atoms with Crippen LogP contribution in [-0.2, 0) is 16.3 Å². The Labute approximate surface area is 152 Å². The fourth-order valence-electron chi connectivity index (χ4n) is 3.63. The second-order valence-corrected chi connectivity index (χ2v) is 9.63. The molecular formula is C18H23N3O4S. The number of rotatable bonds is 5. The van der Waals surface area contributed by atoms with E-state index in [1.165, 1.54) is 0 Å². The van der Waals surface area contributed by atoms with Crippen molar-refractivity contribution in [2.75, 3.05) is 18.6 Å². The van der Waals surface area contributed by atoms with Crippen molar-refractivity contribution in [3.05, 3.63) is 23.0 Å². The summed E-state index contributed by atoms with van der Waals surface area (Å²) in [6, 6.07) is 1.58. The number of nitrogens with zero attached hydrogens (tertiary/aromatic N) is 3. The molecule has 0 spiro atoms. The van der Waals surface area contributed by atoms with Gasteiger partial charge in [-0.1, -0.05) is 18.5 Å². The first kappa shape index (κ1) is 17.5. The lowest BCUT2D eigenvalue weighted by Gasteiger charge is -2.24. The lowest BCUT2D eigenvalue weighted by molar-refractivity contribution is 0.0749. The van der Waals surface area contributed by atoms with Gasteiger partial charge in [-0.25, -0.2) is 13.4 Å². The lowest BCUT2D eigenvalue weighted by atomic mass is 10.0. The van der Waals surface area contributed by atoms with Crippen LogP contribution in [0.1, 0.15) is 60.3 Å². The van der Waals surface area contributed by atoms with Crippen LogP contribution in [0.25, 0.3) is 11.1 Å². The summed E-state index contributed by atoms with van der Waals surface area (Å²) >= 11 is 0. The molecule has 2 aliphatic rings. The van der Waals surface area contributed by atoms with Gasteiger partial charge in [0, 0.05) is 24.7 Å². The van der Waals surface area contributed by atoms with Crippen LogP contribution < -0.4 is 0 Å². The third kappa shape index (κ3) is 3.11. The van der Waals surface area contributed by atoms with Gasteiger partial charge in [-0.3, -0.25) is 4.79 Å². The summed E-state index contributed by atoms with van der Waals surface area (Å²) in [4.78, 5) is 19.4. The molecular weight excluding hydrogens is 354 g/mol. The maximum absolute atomic E-state index is 13.2. The van der Waals surface area contributed by atoms with Crippen LogP contribution in [-0.4, -0.2) is 54.0 Å². The van der Waals surface area contributed by atoms with Crippen LogP contribution >= 0.6 is 0 Å². The van der Waals surface area contributed by atoms with E-state index in [0.717, 1.165) is 30.7 Å². The highest BCUT2D eigenvalue weighted by molar-refractivity contribution is 7.91. The first-order valence-electron chi connectivity index (χ1n) is 9.16. The molecule has 1 aliphatic carbocycles. The summed E-state index contributed by atoms with van der Waals surface area (Å²) in [5.74, 6) is 0.373. The zero-order chi connectivity index (χ0) is 18.5. The largest absolute Gasteiger partial charge is 0.338 e. The predicted octanol–water partition coefficient (Wildman–Crippen LogP) is 2.31.